The average Bonchev–Trinajstić information content (AvgIpc) is 2.27. The van der Waals surface area contributed by atoms with Gasteiger partial charge in [0.25, 0.3) is 0 Å². The van der Waals surface area contributed by atoms with E-state index in [1.54, 1.807) is 0 Å². The number of carbonyl (C=O) groups is 1. The number of carbonyl (C=O) groups excluding carboxylic acids is 1. The average molecular weight is 264 g/mol. The number of amides is 1. The molecule has 1 aromatic carbocycles. The molecule has 1 amide bonds. The Balaban J connectivity index is 2.66. The summed E-state index contributed by atoms with van der Waals surface area (Å²) < 4.78 is 5.64. The highest BCUT2D eigenvalue weighted by molar-refractivity contribution is 5.77. The van der Waals surface area contributed by atoms with Crippen LogP contribution in [0, 0.1) is 0 Å². The van der Waals surface area contributed by atoms with E-state index in [-0.39, 0.29) is 24.1 Å². The zero-order chi connectivity index (χ0) is 14.4. The first kappa shape index (κ1) is 15.5. The number of nitrogens with one attached hydrogen (secondary N) is 1. The molecule has 2 atom stereocenters. The number of rotatable bonds is 6. The third kappa shape index (κ3) is 5.75. The van der Waals surface area contributed by atoms with Crippen LogP contribution >= 0.6 is 0 Å². The van der Waals surface area contributed by atoms with E-state index >= 15 is 0 Å². The Bertz CT molecular complexity index is 416. The van der Waals surface area contributed by atoms with Crippen LogP contribution in [0.25, 0.3) is 0 Å². The van der Waals surface area contributed by atoms with Crippen molar-refractivity contribution in [1.82, 2.24) is 5.32 Å². The van der Waals surface area contributed by atoms with Gasteiger partial charge in [-0.05, 0) is 45.4 Å². The summed E-state index contributed by atoms with van der Waals surface area (Å²) in [5.41, 5.74) is 6.63. The topological polar surface area (TPSA) is 64.4 Å². The molecule has 0 aliphatic rings. The predicted molar refractivity (Wildman–Crippen MR) is 77.0 cm³/mol. The molecule has 0 saturated carbocycles. The van der Waals surface area contributed by atoms with Crippen molar-refractivity contribution in [2.24, 2.45) is 5.73 Å². The monoisotopic (exact) mass is 264 g/mol. The van der Waals surface area contributed by atoms with Crippen molar-refractivity contribution >= 4 is 5.91 Å². The Morgan fingerprint density at radius 3 is 2.58 bits per heavy atom. The fourth-order valence-electron chi connectivity index (χ4n) is 1.81. The SMILES string of the molecule is CC(N)CC(=O)NC(C)c1cccc(OC(C)C)c1. The van der Waals surface area contributed by atoms with E-state index in [4.69, 9.17) is 10.5 Å². The predicted octanol–water partition coefficient (Wildman–Crippen LogP) is 2.39. The maximum Gasteiger partial charge on any atom is 0.222 e. The highest BCUT2D eigenvalue weighted by Crippen LogP contribution is 2.20. The number of ether oxygens (including phenoxy) is 1. The van der Waals surface area contributed by atoms with Gasteiger partial charge in [-0.1, -0.05) is 12.1 Å². The van der Waals surface area contributed by atoms with E-state index in [0.717, 1.165) is 11.3 Å². The molecule has 1 aromatic rings. The molecule has 106 valence electrons. The molecule has 0 radical (unpaired) electrons. The number of hydrogen-bond acceptors (Lipinski definition) is 3. The van der Waals surface area contributed by atoms with Gasteiger partial charge in [-0.15, -0.1) is 0 Å². The molecule has 0 heterocycles. The van der Waals surface area contributed by atoms with Crippen LogP contribution in [0.4, 0.5) is 0 Å². The normalized spacial score (nSPS) is 14.0. The minimum atomic E-state index is -0.122. The molecule has 3 N–H and O–H groups in total. The first-order valence-corrected chi connectivity index (χ1v) is 6.70. The molecule has 0 aromatic heterocycles. The third-order valence-electron chi connectivity index (χ3n) is 2.61. The Morgan fingerprint density at radius 1 is 1.32 bits per heavy atom. The van der Waals surface area contributed by atoms with Crippen LogP contribution in [0.15, 0.2) is 24.3 Å². The molecular weight excluding hydrogens is 240 g/mol. The lowest BCUT2D eigenvalue weighted by Gasteiger charge is -2.17. The zero-order valence-corrected chi connectivity index (χ0v) is 12.1. The van der Waals surface area contributed by atoms with Gasteiger partial charge in [0.2, 0.25) is 5.91 Å². The Morgan fingerprint density at radius 2 is 2.00 bits per heavy atom. The quantitative estimate of drug-likeness (QED) is 0.829. The summed E-state index contributed by atoms with van der Waals surface area (Å²) in [5, 5.41) is 2.93. The second-order valence-electron chi connectivity index (χ2n) is 5.21. The Kier molecular flexibility index (Phi) is 5.83. The van der Waals surface area contributed by atoms with Gasteiger partial charge in [0, 0.05) is 12.5 Å². The molecule has 0 bridgehead atoms. The van der Waals surface area contributed by atoms with Crippen LogP contribution in [0.3, 0.4) is 0 Å². The third-order valence-corrected chi connectivity index (χ3v) is 2.61. The van der Waals surface area contributed by atoms with Crippen LogP contribution in [0.2, 0.25) is 0 Å². The second-order valence-corrected chi connectivity index (χ2v) is 5.21. The lowest BCUT2D eigenvalue weighted by atomic mass is 10.1. The molecule has 0 fully saturated rings. The molecule has 2 unspecified atom stereocenters. The van der Waals surface area contributed by atoms with E-state index in [1.165, 1.54) is 0 Å². The van der Waals surface area contributed by atoms with Crippen LogP contribution in [-0.2, 0) is 4.79 Å². The van der Waals surface area contributed by atoms with E-state index in [0.29, 0.717) is 6.42 Å². The first-order valence-electron chi connectivity index (χ1n) is 6.70. The molecule has 19 heavy (non-hydrogen) atoms. The fourth-order valence-corrected chi connectivity index (χ4v) is 1.81. The van der Waals surface area contributed by atoms with Crippen molar-refractivity contribution < 1.29 is 9.53 Å². The van der Waals surface area contributed by atoms with E-state index in [1.807, 2.05) is 52.0 Å². The summed E-state index contributed by atoms with van der Waals surface area (Å²) in [5.74, 6) is 0.790. The van der Waals surface area contributed by atoms with Crippen molar-refractivity contribution in [1.29, 1.82) is 0 Å². The van der Waals surface area contributed by atoms with Gasteiger partial charge in [-0.25, -0.2) is 0 Å². The maximum absolute atomic E-state index is 11.7. The van der Waals surface area contributed by atoms with Crippen molar-refractivity contribution in [3.05, 3.63) is 29.8 Å². The Hall–Kier alpha value is -1.55. The molecular formula is C15H24N2O2. The molecule has 0 spiro atoms. The highest BCUT2D eigenvalue weighted by Gasteiger charge is 2.11. The van der Waals surface area contributed by atoms with E-state index < -0.39 is 0 Å². The van der Waals surface area contributed by atoms with Crippen LogP contribution in [0.5, 0.6) is 5.75 Å². The summed E-state index contributed by atoms with van der Waals surface area (Å²) in [6.07, 6.45) is 0.477. The summed E-state index contributed by atoms with van der Waals surface area (Å²) in [4.78, 5) is 11.7. The zero-order valence-electron chi connectivity index (χ0n) is 12.1. The Labute approximate surface area is 115 Å². The van der Waals surface area contributed by atoms with Gasteiger partial charge in [0.05, 0.1) is 12.1 Å². The standard InChI is InChI=1S/C15H24N2O2/c1-10(2)19-14-7-5-6-13(9-14)12(4)17-15(18)8-11(3)16/h5-7,9-12H,8,16H2,1-4H3,(H,17,18). The van der Waals surface area contributed by atoms with Gasteiger partial charge < -0.3 is 15.8 Å². The van der Waals surface area contributed by atoms with Crippen molar-refractivity contribution in [3.63, 3.8) is 0 Å². The van der Waals surface area contributed by atoms with E-state index in [9.17, 15) is 4.79 Å². The fraction of sp³-hybridized carbons (Fsp3) is 0.533. The molecule has 0 aliphatic heterocycles. The minimum Gasteiger partial charge on any atom is -0.491 e. The van der Waals surface area contributed by atoms with Gasteiger partial charge in [-0.3, -0.25) is 4.79 Å². The van der Waals surface area contributed by atoms with Gasteiger partial charge in [0.1, 0.15) is 5.75 Å². The molecule has 0 saturated heterocycles. The van der Waals surface area contributed by atoms with Crippen LogP contribution < -0.4 is 15.8 Å². The molecule has 0 aliphatic carbocycles. The van der Waals surface area contributed by atoms with Crippen LogP contribution in [0.1, 0.15) is 45.7 Å². The number of nitrogens with two attached hydrogens (primary N) is 1. The maximum atomic E-state index is 11.7. The highest BCUT2D eigenvalue weighted by atomic mass is 16.5. The summed E-state index contributed by atoms with van der Waals surface area (Å²) >= 11 is 0. The lowest BCUT2D eigenvalue weighted by molar-refractivity contribution is -0.122. The number of benzene rings is 1. The molecule has 4 nitrogen and oxygen atoms in total. The van der Waals surface area contributed by atoms with Gasteiger partial charge in [0.15, 0.2) is 0 Å². The van der Waals surface area contributed by atoms with Gasteiger partial charge in [-0.2, -0.15) is 0 Å². The second kappa shape index (κ2) is 7.14. The summed E-state index contributed by atoms with van der Waals surface area (Å²) in [6, 6.07) is 7.60. The van der Waals surface area contributed by atoms with Crippen molar-refractivity contribution in [3.8, 4) is 5.75 Å². The minimum absolute atomic E-state index is 0.0299. The van der Waals surface area contributed by atoms with Crippen molar-refractivity contribution in [2.45, 2.75) is 52.3 Å². The molecule has 1 rings (SSSR count). The van der Waals surface area contributed by atoms with E-state index in [2.05, 4.69) is 5.32 Å². The summed E-state index contributed by atoms with van der Waals surface area (Å²) in [6.45, 7) is 7.75. The van der Waals surface area contributed by atoms with Crippen molar-refractivity contribution in [2.75, 3.05) is 0 Å². The summed E-state index contributed by atoms with van der Waals surface area (Å²) in [7, 11) is 0. The number of hydrogen-bond donors (Lipinski definition) is 2. The molecule has 4 heteroatoms. The first-order chi connectivity index (χ1) is 8.88. The van der Waals surface area contributed by atoms with Gasteiger partial charge >= 0.3 is 0 Å². The smallest absolute Gasteiger partial charge is 0.222 e. The largest absolute Gasteiger partial charge is 0.491 e. The van der Waals surface area contributed by atoms with Crippen LogP contribution in [-0.4, -0.2) is 18.1 Å². The lowest BCUT2D eigenvalue weighted by Crippen LogP contribution is -2.31.